The molecule has 0 aliphatic carbocycles. The number of fused-ring (bicyclic) bond motifs is 1. The maximum Gasteiger partial charge on any atom is 0.259 e. The summed E-state index contributed by atoms with van der Waals surface area (Å²) in [5.74, 6) is 0.919. The first-order valence-electron chi connectivity index (χ1n) is 9.30. The molecule has 6 nitrogen and oxygen atoms in total. The number of hydrogen-bond acceptors (Lipinski definition) is 5. The Balaban J connectivity index is 1.49. The topological polar surface area (TPSA) is 73.0 Å². The first-order chi connectivity index (χ1) is 12.7. The molecule has 1 saturated heterocycles. The van der Waals surface area contributed by atoms with Gasteiger partial charge in [-0.1, -0.05) is 6.42 Å². The number of aromatic nitrogens is 2. The molecule has 1 fully saturated rings. The molecule has 138 valence electrons. The van der Waals surface area contributed by atoms with E-state index in [-0.39, 0.29) is 11.9 Å². The molecular formula is C19H25N5OS. The molecule has 3 N–H and O–H groups in total. The number of thioether (sulfide) groups is 1. The molecule has 4 rings (SSSR count). The SMILES string of the molecule is CC(NC(=O)C1=CN(c2ccnc3[nH]ccc23)CCS1)C1CCCCN1. The van der Waals surface area contributed by atoms with Crippen molar-refractivity contribution in [3.63, 3.8) is 0 Å². The molecule has 4 heterocycles. The highest BCUT2D eigenvalue weighted by Crippen LogP contribution is 2.30. The van der Waals surface area contributed by atoms with Crippen molar-refractivity contribution in [2.45, 2.75) is 38.3 Å². The van der Waals surface area contributed by atoms with Crippen LogP contribution in [0.5, 0.6) is 0 Å². The van der Waals surface area contributed by atoms with Gasteiger partial charge in [0, 0.05) is 48.4 Å². The van der Waals surface area contributed by atoms with Crippen LogP contribution in [-0.2, 0) is 4.79 Å². The van der Waals surface area contributed by atoms with Gasteiger partial charge >= 0.3 is 0 Å². The molecule has 2 aliphatic heterocycles. The van der Waals surface area contributed by atoms with E-state index in [1.54, 1.807) is 18.0 Å². The Kier molecular flexibility index (Phi) is 5.17. The molecule has 2 aromatic rings. The van der Waals surface area contributed by atoms with Gasteiger partial charge in [-0.3, -0.25) is 4.79 Å². The fraction of sp³-hybridized carbons (Fsp3) is 0.474. The number of nitrogens with zero attached hydrogens (tertiary/aromatic N) is 2. The van der Waals surface area contributed by atoms with Crippen molar-refractivity contribution in [3.8, 4) is 0 Å². The van der Waals surface area contributed by atoms with Crippen LogP contribution in [0.2, 0.25) is 0 Å². The summed E-state index contributed by atoms with van der Waals surface area (Å²) in [7, 11) is 0. The number of nitrogens with one attached hydrogen (secondary N) is 3. The first kappa shape index (κ1) is 17.4. The second kappa shape index (κ2) is 7.72. The largest absolute Gasteiger partial charge is 0.348 e. The molecular weight excluding hydrogens is 346 g/mol. The summed E-state index contributed by atoms with van der Waals surface area (Å²) < 4.78 is 0. The van der Waals surface area contributed by atoms with Crippen LogP contribution in [0.4, 0.5) is 5.69 Å². The molecule has 0 radical (unpaired) electrons. The van der Waals surface area contributed by atoms with Gasteiger partial charge in [-0.05, 0) is 38.4 Å². The normalized spacial score (nSPS) is 22.1. The minimum atomic E-state index is 0.0268. The summed E-state index contributed by atoms with van der Waals surface area (Å²) >= 11 is 1.63. The molecule has 2 atom stereocenters. The van der Waals surface area contributed by atoms with Crippen molar-refractivity contribution < 1.29 is 4.79 Å². The van der Waals surface area contributed by atoms with E-state index in [1.165, 1.54) is 12.8 Å². The lowest BCUT2D eigenvalue weighted by molar-refractivity contribution is -0.117. The standard InChI is InChI=1S/C19H25N5OS/c1-13(15-4-2-3-7-20-15)23-19(25)17-12-24(10-11-26-17)16-6-9-22-18-14(16)5-8-21-18/h5-6,8-9,12-13,15,20H,2-4,7,10-11H2,1H3,(H,21,22)(H,23,25). The minimum absolute atomic E-state index is 0.0268. The molecule has 0 aromatic carbocycles. The van der Waals surface area contributed by atoms with Gasteiger partial charge < -0.3 is 20.5 Å². The Hall–Kier alpha value is -1.99. The van der Waals surface area contributed by atoms with Gasteiger partial charge in [0.1, 0.15) is 5.65 Å². The van der Waals surface area contributed by atoms with Crippen molar-refractivity contribution in [1.29, 1.82) is 0 Å². The van der Waals surface area contributed by atoms with E-state index >= 15 is 0 Å². The van der Waals surface area contributed by atoms with Crippen LogP contribution in [0.3, 0.4) is 0 Å². The number of carbonyl (C=O) groups is 1. The summed E-state index contributed by atoms with van der Waals surface area (Å²) in [5.41, 5.74) is 1.96. The highest BCUT2D eigenvalue weighted by atomic mass is 32.2. The van der Waals surface area contributed by atoms with Crippen molar-refractivity contribution in [2.75, 3.05) is 23.7 Å². The van der Waals surface area contributed by atoms with E-state index in [4.69, 9.17) is 0 Å². The first-order valence-corrected chi connectivity index (χ1v) is 10.3. The van der Waals surface area contributed by atoms with E-state index < -0.39 is 0 Å². The molecule has 1 amide bonds. The maximum atomic E-state index is 12.8. The highest BCUT2D eigenvalue weighted by molar-refractivity contribution is 8.04. The average Bonchev–Trinajstić information content (AvgIpc) is 3.17. The predicted molar refractivity (Wildman–Crippen MR) is 107 cm³/mol. The number of anilines is 1. The molecule has 0 saturated carbocycles. The van der Waals surface area contributed by atoms with Crippen LogP contribution in [0.15, 0.2) is 35.6 Å². The number of aromatic amines is 1. The molecule has 2 aliphatic rings. The molecule has 2 unspecified atom stereocenters. The summed E-state index contributed by atoms with van der Waals surface area (Å²) in [6, 6.07) is 4.55. The van der Waals surface area contributed by atoms with Gasteiger partial charge in [-0.15, -0.1) is 11.8 Å². The van der Waals surface area contributed by atoms with E-state index in [1.807, 2.05) is 24.5 Å². The Morgan fingerprint density at radius 1 is 1.42 bits per heavy atom. The summed E-state index contributed by atoms with van der Waals surface area (Å²) in [4.78, 5) is 23.2. The fourth-order valence-corrected chi connectivity index (χ4v) is 4.59. The number of hydrogen-bond donors (Lipinski definition) is 3. The van der Waals surface area contributed by atoms with E-state index in [2.05, 4.69) is 32.4 Å². The second-order valence-corrected chi connectivity index (χ2v) is 8.06. The zero-order valence-electron chi connectivity index (χ0n) is 15.0. The maximum absolute atomic E-state index is 12.8. The minimum Gasteiger partial charge on any atom is -0.348 e. The zero-order valence-corrected chi connectivity index (χ0v) is 15.8. The molecule has 0 spiro atoms. The third kappa shape index (κ3) is 3.59. The van der Waals surface area contributed by atoms with Crippen LogP contribution >= 0.6 is 11.8 Å². The van der Waals surface area contributed by atoms with E-state index in [9.17, 15) is 4.79 Å². The van der Waals surface area contributed by atoms with Gasteiger partial charge in [0.25, 0.3) is 5.91 Å². The molecule has 26 heavy (non-hydrogen) atoms. The lowest BCUT2D eigenvalue weighted by Crippen LogP contribution is -2.50. The van der Waals surface area contributed by atoms with Crippen molar-refractivity contribution in [1.82, 2.24) is 20.6 Å². The van der Waals surface area contributed by atoms with E-state index in [0.29, 0.717) is 6.04 Å². The summed E-state index contributed by atoms with van der Waals surface area (Å²) in [6.07, 6.45) is 9.27. The molecule has 0 bridgehead atoms. The Labute approximate surface area is 157 Å². The number of amides is 1. The Bertz CT molecular complexity index is 811. The van der Waals surface area contributed by atoms with Crippen molar-refractivity contribution in [2.24, 2.45) is 0 Å². The summed E-state index contributed by atoms with van der Waals surface area (Å²) in [6.45, 7) is 4.02. The molecule has 7 heteroatoms. The van der Waals surface area contributed by atoms with Crippen LogP contribution in [0.1, 0.15) is 26.2 Å². The highest BCUT2D eigenvalue weighted by Gasteiger charge is 2.24. The lowest BCUT2D eigenvalue weighted by atomic mass is 9.99. The van der Waals surface area contributed by atoms with Crippen LogP contribution in [0, 0.1) is 0 Å². The predicted octanol–water partition coefficient (Wildman–Crippen LogP) is 2.60. The third-order valence-electron chi connectivity index (χ3n) is 5.14. The average molecular weight is 372 g/mol. The number of H-pyrrole nitrogens is 1. The number of piperidine rings is 1. The van der Waals surface area contributed by atoms with Crippen LogP contribution in [0.25, 0.3) is 11.0 Å². The van der Waals surface area contributed by atoms with Crippen molar-refractivity contribution >= 4 is 34.4 Å². The summed E-state index contributed by atoms with van der Waals surface area (Å²) in [5, 5.41) is 7.78. The van der Waals surface area contributed by atoms with Gasteiger partial charge in [0.05, 0.1) is 10.6 Å². The lowest BCUT2D eigenvalue weighted by Gasteiger charge is -2.31. The fourth-order valence-electron chi connectivity index (χ4n) is 3.69. The Morgan fingerprint density at radius 3 is 3.19 bits per heavy atom. The second-order valence-electron chi connectivity index (χ2n) is 6.92. The monoisotopic (exact) mass is 371 g/mol. The van der Waals surface area contributed by atoms with Crippen LogP contribution < -0.4 is 15.5 Å². The zero-order chi connectivity index (χ0) is 17.9. The quantitative estimate of drug-likeness (QED) is 0.770. The van der Waals surface area contributed by atoms with Gasteiger partial charge in [0.2, 0.25) is 0 Å². The van der Waals surface area contributed by atoms with Crippen molar-refractivity contribution in [3.05, 3.63) is 35.6 Å². The van der Waals surface area contributed by atoms with E-state index in [0.717, 1.165) is 46.9 Å². The third-order valence-corrected chi connectivity index (χ3v) is 6.13. The van der Waals surface area contributed by atoms with Gasteiger partial charge in [0.15, 0.2) is 0 Å². The number of pyridine rings is 1. The van der Waals surface area contributed by atoms with Gasteiger partial charge in [-0.2, -0.15) is 0 Å². The molecule has 2 aromatic heterocycles. The number of rotatable bonds is 4. The Morgan fingerprint density at radius 2 is 2.35 bits per heavy atom. The number of carbonyl (C=O) groups excluding carboxylic acids is 1. The van der Waals surface area contributed by atoms with Gasteiger partial charge in [-0.25, -0.2) is 4.98 Å². The smallest absolute Gasteiger partial charge is 0.259 e. The van der Waals surface area contributed by atoms with Crippen LogP contribution in [-0.4, -0.2) is 46.8 Å².